The number of anilines is 1. The van der Waals surface area contributed by atoms with E-state index >= 15 is 0 Å². The van der Waals surface area contributed by atoms with Crippen LogP contribution in [0.25, 0.3) is 0 Å². The van der Waals surface area contributed by atoms with Crippen molar-refractivity contribution >= 4 is 51.9 Å². The van der Waals surface area contributed by atoms with Gasteiger partial charge in [-0.05, 0) is 57.0 Å². The standard InChI is InChI=1S/C33H37N5O8S2/c1-7-45-31(41)26-19(3)27(32(42)46-8-2)48-30(26)35-28(39)20(4)47-33-37-36-25(38(33)18-21-12-10-9-11-13-21)17-34-29(40)22-14-15-23(43-5)24(16-22)44-6/h9-16,20H,7-8,17-18H2,1-6H3,(H,34,40)(H,35,39). The molecule has 4 aromatic rings. The molecular weight excluding hydrogens is 659 g/mol. The molecule has 254 valence electrons. The summed E-state index contributed by atoms with van der Waals surface area (Å²) < 4.78 is 22.7. The Hall–Kier alpha value is -4.89. The molecule has 48 heavy (non-hydrogen) atoms. The number of nitrogens with one attached hydrogen (secondary N) is 2. The topological polar surface area (TPSA) is 160 Å². The molecule has 15 heteroatoms. The van der Waals surface area contributed by atoms with Crippen LogP contribution in [0.2, 0.25) is 0 Å². The molecule has 0 fully saturated rings. The number of rotatable bonds is 15. The molecule has 1 atom stereocenters. The lowest BCUT2D eigenvalue weighted by Gasteiger charge is -2.15. The molecule has 2 N–H and O–H groups in total. The van der Waals surface area contributed by atoms with Gasteiger partial charge in [0.15, 0.2) is 22.5 Å². The first-order valence-electron chi connectivity index (χ1n) is 15.0. The summed E-state index contributed by atoms with van der Waals surface area (Å²) >= 11 is 2.11. The minimum absolute atomic E-state index is 0.0577. The molecule has 0 aliphatic rings. The molecule has 13 nitrogen and oxygen atoms in total. The first kappa shape index (κ1) is 36.0. The third-order valence-corrected chi connectivity index (χ3v) is 9.27. The first-order chi connectivity index (χ1) is 23.1. The van der Waals surface area contributed by atoms with Crippen LogP contribution in [0.4, 0.5) is 5.00 Å². The van der Waals surface area contributed by atoms with Crippen molar-refractivity contribution in [2.75, 3.05) is 32.8 Å². The van der Waals surface area contributed by atoms with Gasteiger partial charge in [0, 0.05) is 5.56 Å². The van der Waals surface area contributed by atoms with Crippen molar-refractivity contribution in [2.45, 2.75) is 51.2 Å². The average Bonchev–Trinajstić information content (AvgIpc) is 3.62. The summed E-state index contributed by atoms with van der Waals surface area (Å²) in [5.41, 5.74) is 1.81. The number of thioether (sulfide) groups is 1. The normalized spacial score (nSPS) is 11.4. The number of nitrogens with zero attached hydrogens (tertiary/aromatic N) is 3. The summed E-state index contributed by atoms with van der Waals surface area (Å²) in [5.74, 6) is -0.624. The van der Waals surface area contributed by atoms with Gasteiger partial charge in [0.1, 0.15) is 9.88 Å². The fourth-order valence-electron chi connectivity index (χ4n) is 4.57. The Morgan fingerprint density at radius 1 is 0.938 bits per heavy atom. The predicted molar refractivity (Wildman–Crippen MR) is 181 cm³/mol. The van der Waals surface area contributed by atoms with Crippen molar-refractivity contribution in [2.24, 2.45) is 0 Å². The van der Waals surface area contributed by atoms with Gasteiger partial charge in [-0.25, -0.2) is 9.59 Å². The first-order valence-corrected chi connectivity index (χ1v) is 16.7. The number of methoxy groups -OCH3 is 2. The van der Waals surface area contributed by atoms with Gasteiger partial charge >= 0.3 is 11.9 Å². The minimum atomic E-state index is -0.707. The van der Waals surface area contributed by atoms with Gasteiger partial charge in [-0.2, -0.15) is 0 Å². The van der Waals surface area contributed by atoms with E-state index in [1.807, 2.05) is 34.9 Å². The van der Waals surface area contributed by atoms with Crippen LogP contribution in [0.5, 0.6) is 11.5 Å². The largest absolute Gasteiger partial charge is 0.493 e. The molecule has 2 heterocycles. The fourth-order valence-corrected chi connectivity index (χ4v) is 6.53. The zero-order chi connectivity index (χ0) is 34.8. The Balaban J connectivity index is 1.55. The van der Waals surface area contributed by atoms with Crippen molar-refractivity contribution in [3.63, 3.8) is 0 Å². The van der Waals surface area contributed by atoms with E-state index in [0.717, 1.165) is 28.7 Å². The summed E-state index contributed by atoms with van der Waals surface area (Å²) in [6.07, 6.45) is 0. The average molecular weight is 696 g/mol. The Labute approximate surface area is 286 Å². The Kier molecular flexibility index (Phi) is 12.6. The molecule has 0 saturated carbocycles. The lowest BCUT2D eigenvalue weighted by atomic mass is 10.1. The summed E-state index contributed by atoms with van der Waals surface area (Å²) in [7, 11) is 3.01. The van der Waals surface area contributed by atoms with Gasteiger partial charge < -0.3 is 34.1 Å². The second-order valence-corrected chi connectivity index (χ2v) is 12.5. The Morgan fingerprint density at radius 2 is 1.62 bits per heavy atom. The zero-order valence-electron chi connectivity index (χ0n) is 27.4. The van der Waals surface area contributed by atoms with Crippen molar-refractivity contribution in [3.05, 3.63) is 81.5 Å². The molecule has 0 saturated heterocycles. The maximum Gasteiger partial charge on any atom is 0.348 e. The SMILES string of the molecule is CCOC(=O)c1sc(NC(=O)C(C)Sc2nnc(CNC(=O)c3ccc(OC)c(OC)c3)n2Cc2ccccc2)c(C(=O)OCC)c1C. The zero-order valence-corrected chi connectivity index (χ0v) is 29.1. The molecule has 0 radical (unpaired) electrons. The molecule has 2 amide bonds. The van der Waals surface area contributed by atoms with Gasteiger partial charge in [0.25, 0.3) is 5.91 Å². The second-order valence-electron chi connectivity index (χ2n) is 10.2. The Bertz CT molecular complexity index is 1770. The highest BCUT2D eigenvalue weighted by molar-refractivity contribution is 8.00. The molecule has 0 aliphatic carbocycles. The van der Waals surface area contributed by atoms with Crippen LogP contribution in [0.3, 0.4) is 0 Å². The van der Waals surface area contributed by atoms with Gasteiger partial charge in [0.2, 0.25) is 5.91 Å². The number of esters is 2. The van der Waals surface area contributed by atoms with E-state index in [0.29, 0.717) is 40.2 Å². The maximum absolute atomic E-state index is 13.5. The van der Waals surface area contributed by atoms with Gasteiger partial charge in [0.05, 0.1) is 51.3 Å². The quantitative estimate of drug-likeness (QED) is 0.126. The van der Waals surface area contributed by atoms with Crippen LogP contribution in [0, 0.1) is 6.92 Å². The summed E-state index contributed by atoms with van der Waals surface area (Å²) in [6.45, 7) is 7.38. The number of carbonyl (C=O) groups excluding carboxylic acids is 4. The highest BCUT2D eigenvalue weighted by Crippen LogP contribution is 2.35. The third-order valence-electron chi connectivity index (χ3n) is 7.01. The monoisotopic (exact) mass is 695 g/mol. The molecule has 2 aromatic carbocycles. The molecule has 1 unspecified atom stereocenters. The van der Waals surface area contributed by atoms with Crippen molar-refractivity contribution in [1.29, 1.82) is 0 Å². The number of benzene rings is 2. The van der Waals surface area contributed by atoms with Crippen LogP contribution in [0.15, 0.2) is 53.7 Å². The van der Waals surface area contributed by atoms with E-state index in [9.17, 15) is 19.2 Å². The molecule has 4 rings (SSSR count). The molecular formula is C33H37N5O8S2. The van der Waals surface area contributed by atoms with Crippen LogP contribution in [0.1, 0.15) is 68.1 Å². The smallest absolute Gasteiger partial charge is 0.348 e. The number of aromatic nitrogens is 3. The predicted octanol–water partition coefficient (Wildman–Crippen LogP) is 5.12. The minimum Gasteiger partial charge on any atom is -0.493 e. The lowest BCUT2D eigenvalue weighted by Crippen LogP contribution is -2.25. The number of hydrogen-bond acceptors (Lipinski definition) is 12. The van der Waals surface area contributed by atoms with Crippen LogP contribution >= 0.6 is 23.1 Å². The summed E-state index contributed by atoms with van der Waals surface area (Å²) in [5, 5.41) is 14.3. The number of carbonyl (C=O) groups is 4. The van der Waals surface area contributed by atoms with E-state index < -0.39 is 23.1 Å². The fraction of sp³-hybridized carbons (Fsp3) is 0.333. The molecule has 0 bridgehead atoms. The maximum atomic E-state index is 13.5. The highest BCUT2D eigenvalue weighted by Gasteiger charge is 2.29. The van der Waals surface area contributed by atoms with Gasteiger partial charge in [-0.3, -0.25) is 9.59 Å². The number of amides is 2. The number of thiophene rings is 1. The van der Waals surface area contributed by atoms with Crippen LogP contribution < -0.4 is 20.1 Å². The van der Waals surface area contributed by atoms with Crippen molar-refractivity contribution in [3.8, 4) is 11.5 Å². The van der Waals surface area contributed by atoms with Gasteiger partial charge in [-0.1, -0.05) is 42.1 Å². The molecule has 2 aromatic heterocycles. The molecule has 0 spiro atoms. The van der Waals surface area contributed by atoms with E-state index in [-0.39, 0.29) is 41.1 Å². The Morgan fingerprint density at radius 3 is 2.29 bits per heavy atom. The number of hydrogen-bond donors (Lipinski definition) is 2. The lowest BCUT2D eigenvalue weighted by molar-refractivity contribution is -0.115. The highest BCUT2D eigenvalue weighted by atomic mass is 32.2. The van der Waals surface area contributed by atoms with Crippen LogP contribution in [-0.4, -0.2) is 71.2 Å². The number of ether oxygens (including phenoxy) is 4. The van der Waals surface area contributed by atoms with E-state index in [2.05, 4.69) is 20.8 Å². The second kappa shape index (κ2) is 16.8. The summed E-state index contributed by atoms with van der Waals surface area (Å²) in [6, 6.07) is 14.5. The van der Waals surface area contributed by atoms with Crippen molar-refractivity contribution < 1.29 is 38.1 Å². The summed E-state index contributed by atoms with van der Waals surface area (Å²) in [4.78, 5) is 52.1. The van der Waals surface area contributed by atoms with Gasteiger partial charge in [-0.15, -0.1) is 21.5 Å². The van der Waals surface area contributed by atoms with E-state index in [1.54, 1.807) is 45.9 Å². The van der Waals surface area contributed by atoms with Crippen molar-refractivity contribution in [1.82, 2.24) is 20.1 Å². The third kappa shape index (κ3) is 8.52. The van der Waals surface area contributed by atoms with E-state index in [1.165, 1.54) is 14.2 Å². The molecule has 0 aliphatic heterocycles. The van der Waals surface area contributed by atoms with E-state index in [4.69, 9.17) is 18.9 Å². The van der Waals surface area contributed by atoms with Crippen LogP contribution in [-0.2, 0) is 27.4 Å².